The van der Waals surface area contributed by atoms with Crippen molar-refractivity contribution in [1.82, 2.24) is 35.5 Å². The van der Waals surface area contributed by atoms with Gasteiger partial charge in [0.05, 0.1) is 68.4 Å². The van der Waals surface area contributed by atoms with Gasteiger partial charge in [0.2, 0.25) is 30.9 Å². The van der Waals surface area contributed by atoms with Gasteiger partial charge >= 0.3 is 0 Å². The Kier molecular flexibility index (Phi) is 38.7. The number of nitrogens with two attached hydrogens (primary N) is 3. The Morgan fingerprint density at radius 1 is 0.593 bits per heavy atom. The third kappa shape index (κ3) is 29.8. The molecule has 0 saturated heterocycles. The SMILES string of the molecule is C.C.CC1CCC(CCOO)CC1.Cc1ccc(N)c(N)c1.Cc1ccc2nc(CC3CCC(C(=O)NCc4ccccc4F)CC3)[nH]c2c1.NCCCCCS(=O)(=O)Nc1ccc2nc(CC3CCC(C(=O)NCc4ccccc4F)CC3)[nH]c2c1.O=C1c2ccccc2C(=O)N1CCCCCS(=O)(=O)Cl.[U]. The van der Waals surface area contributed by atoms with Gasteiger partial charge in [0.25, 0.3) is 11.8 Å². The Hall–Kier alpha value is -7.28. The molecule has 0 atom stereocenters. The average molecular weight is 1780 g/mol. The summed E-state index contributed by atoms with van der Waals surface area (Å²) in [5, 5.41) is 13.9. The molecule has 27 heteroatoms. The number of fused-ring (bicyclic) bond motifs is 3. The fourth-order valence-corrected chi connectivity index (χ4v) is 15.8. The first-order chi connectivity index (χ1) is 50.3. The van der Waals surface area contributed by atoms with Crippen molar-refractivity contribution in [3.8, 4) is 0 Å². The van der Waals surface area contributed by atoms with E-state index in [1.807, 2.05) is 31.2 Å². The van der Waals surface area contributed by atoms with Gasteiger partial charge in [-0.05, 0) is 205 Å². The maximum Gasteiger partial charge on any atom is 0.261 e. The maximum atomic E-state index is 13.8. The number of imide groups is 1. The van der Waals surface area contributed by atoms with E-state index < -0.39 is 19.1 Å². The quantitative estimate of drug-likeness (QED) is 0.00607. The van der Waals surface area contributed by atoms with Crippen LogP contribution in [0, 0.1) is 92.1 Å². The number of benzene rings is 6. The number of anilines is 3. The molecule has 108 heavy (non-hydrogen) atoms. The minimum atomic E-state index is -3.46. The summed E-state index contributed by atoms with van der Waals surface area (Å²) in [6, 6.07) is 37.0. The van der Waals surface area contributed by atoms with Gasteiger partial charge in [0, 0.05) is 97.2 Å². The average Bonchev–Trinajstić information content (AvgIpc) is 1.69. The standard InChI is InChI=1S/C27H36FN5O3S.C23H26FN3O.C13H14ClNO4S.C9H18O2.C7H10N2.2CH4.U/c28-23-7-3-2-6-21(23)18-30-27(34)20-10-8-19(9-11-20)16-26-31-24-13-12-22(17-25(24)32-26)33-37(35,36)15-5-1-4-14-29;1-15-6-11-20-21(12-15)27-22(26-20)13-16-7-9-17(10-8-16)23(28)25-14-18-4-2-3-5-19(18)24;14-20(18,19)9-5-1-4-8-15-12(16)10-6-2-3-7-11(10)13(15)17;1-8-2-4-9(5-3-8)6-7-11-10;1-5-2-3-6(8)7(9)4-5;;;/h2-3,6-7,12-13,17,19-20,33H,1,4-5,8-11,14-16,18,29H2,(H,30,34)(H,31,32);2-6,11-12,16-17H,7-10,13-14H2,1H3,(H,25,28)(H,26,27);2-3,6-7H,1,4-5,8-9H2;8-10H,2-7H2,1H3;2-4H,8-9H2,1H3;2*1H4;. The fraction of sp³-hybridized carbons (Fsp3) is 0.481. The first-order valence-corrected chi connectivity index (χ1v) is 40.9. The molecule has 8 aromatic rings. The molecule has 0 spiro atoms. The second-order valence-corrected chi connectivity index (χ2v) is 33.1. The van der Waals surface area contributed by atoms with Gasteiger partial charge in [-0.1, -0.05) is 121 Å². The Balaban J connectivity index is 0.000000260. The molecule has 1 aliphatic heterocycles. The number of rotatable bonds is 26. The summed E-state index contributed by atoms with van der Waals surface area (Å²) in [5.74, 6) is 3.45. The number of sulfonamides is 1. The molecule has 3 fully saturated rings. The van der Waals surface area contributed by atoms with Crippen LogP contribution >= 0.6 is 10.7 Å². The van der Waals surface area contributed by atoms with Crippen LogP contribution in [0.15, 0.2) is 127 Å². The summed E-state index contributed by atoms with van der Waals surface area (Å²) in [7, 11) is -1.77. The minimum absolute atomic E-state index is 0. The first-order valence-electron chi connectivity index (χ1n) is 36.8. The Morgan fingerprint density at radius 2 is 1.06 bits per heavy atom. The summed E-state index contributed by atoms with van der Waals surface area (Å²) in [4.78, 5) is 70.5. The number of aromatic amines is 2. The molecule has 3 aliphatic carbocycles. The molecular weight excluding hydrogens is 1660 g/mol. The zero-order valence-corrected chi connectivity index (χ0v) is 67.6. The molecule has 588 valence electrons. The van der Waals surface area contributed by atoms with E-state index in [1.54, 1.807) is 72.8 Å². The second kappa shape index (κ2) is 45.8. The summed E-state index contributed by atoms with van der Waals surface area (Å²) in [6.45, 7) is 8.22. The van der Waals surface area contributed by atoms with Crippen molar-refractivity contribution in [3.63, 3.8) is 0 Å². The van der Waals surface area contributed by atoms with Gasteiger partial charge in [0.1, 0.15) is 23.3 Å². The number of carbonyl (C=O) groups is 4. The molecule has 3 heterocycles. The molecule has 6 aromatic carbocycles. The molecule has 0 unspecified atom stereocenters. The van der Waals surface area contributed by atoms with Crippen molar-refractivity contribution in [3.05, 3.63) is 184 Å². The molecule has 0 radical (unpaired) electrons. The number of aryl methyl sites for hydroxylation is 2. The first kappa shape index (κ1) is 91.3. The van der Waals surface area contributed by atoms with Gasteiger partial charge in [-0.15, -0.1) is 0 Å². The number of nitrogens with zero attached hydrogens (tertiary/aromatic N) is 3. The van der Waals surface area contributed by atoms with Crippen molar-refractivity contribution < 1.29 is 86.1 Å². The Morgan fingerprint density at radius 3 is 1.55 bits per heavy atom. The second-order valence-electron chi connectivity index (χ2n) is 28.3. The smallest absolute Gasteiger partial charge is 0.261 e. The molecular formula is C81H112ClF2N11O10S2U. The van der Waals surface area contributed by atoms with Crippen LogP contribution in [0.4, 0.5) is 25.8 Å². The number of amides is 4. The number of unbranched alkanes of at least 4 members (excludes halogenated alkanes) is 4. The number of aromatic nitrogens is 4. The number of hydrogen-bond donors (Lipinski definition) is 9. The van der Waals surface area contributed by atoms with Crippen molar-refractivity contribution in [2.45, 2.75) is 184 Å². The van der Waals surface area contributed by atoms with E-state index in [-0.39, 0.29) is 118 Å². The van der Waals surface area contributed by atoms with Crippen LogP contribution in [-0.2, 0) is 59.5 Å². The van der Waals surface area contributed by atoms with Crippen LogP contribution in [-0.4, -0.2) is 102 Å². The van der Waals surface area contributed by atoms with Crippen LogP contribution in [0.1, 0.15) is 198 Å². The number of H-pyrrole nitrogens is 2. The van der Waals surface area contributed by atoms with Gasteiger partial charge in [0.15, 0.2) is 0 Å². The minimum Gasteiger partial charge on any atom is -0.397 e. The van der Waals surface area contributed by atoms with E-state index in [2.05, 4.69) is 67.2 Å². The topological polar surface area (TPSA) is 341 Å². The number of hydrogen-bond acceptors (Lipinski definition) is 15. The molecule has 4 amide bonds. The van der Waals surface area contributed by atoms with Gasteiger partial charge in [-0.3, -0.25) is 34.1 Å². The van der Waals surface area contributed by atoms with Crippen LogP contribution in [0.5, 0.6) is 0 Å². The van der Waals surface area contributed by atoms with E-state index in [0.29, 0.717) is 96.5 Å². The molecule has 12 N–H and O–H groups in total. The Bertz CT molecular complexity index is 4340. The number of carbonyl (C=O) groups excluding carboxylic acids is 4. The van der Waals surface area contributed by atoms with Crippen LogP contribution < -0.4 is 32.6 Å². The third-order valence-electron chi connectivity index (χ3n) is 20.0. The Labute approximate surface area is 665 Å². The van der Waals surface area contributed by atoms with Crippen molar-refractivity contribution in [2.75, 3.05) is 47.4 Å². The fourth-order valence-electron chi connectivity index (χ4n) is 13.8. The van der Waals surface area contributed by atoms with Crippen molar-refractivity contribution in [1.29, 1.82) is 0 Å². The zero-order chi connectivity index (χ0) is 75.5. The van der Waals surface area contributed by atoms with E-state index in [0.717, 1.165) is 135 Å². The van der Waals surface area contributed by atoms with E-state index in [9.17, 15) is 44.8 Å². The normalized spacial score (nSPS) is 18.1. The molecule has 21 nitrogen and oxygen atoms in total. The van der Waals surface area contributed by atoms with Crippen molar-refractivity contribution in [2.24, 2.45) is 41.2 Å². The largest absolute Gasteiger partial charge is 0.397 e. The predicted molar refractivity (Wildman–Crippen MR) is 425 cm³/mol. The molecule has 12 rings (SSSR count). The van der Waals surface area contributed by atoms with E-state index in [4.69, 9.17) is 38.1 Å². The summed E-state index contributed by atoms with van der Waals surface area (Å²) in [5.41, 5.74) is 26.2. The number of imidazole rings is 2. The van der Waals surface area contributed by atoms with Gasteiger partial charge in [-0.2, -0.15) is 0 Å². The monoisotopic (exact) mass is 1770 g/mol. The number of nitrogens with one attached hydrogen (secondary N) is 5. The molecule has 3 saturated carbocycles. The summed E-state index contributed by atoms with van der Waals surface area (Å²) < 4.78 is 76.3. The number of nitrogen functional groups attached to an aromatic ring is 2. The zero-order valence-electron chi connectivity index (χ0n) is 61.0. The van der Waals surface area contributed by atoms with E-state index >= 15 is 0 Å². The van der Waals surface area contributed by atoms with Crippen molar-refractivity contribution >= 4 is 92.5 Å². The van der Waals surface area contributed by atoms with Gasteiger partial charge in [-0.25, -0.2) is 40.5 Å². The van der Waals surface area contributed by atoms with Crippen LogP contribution in [0.3, 0.4) is 0 Å². The van der Waals surface area contributed by atoms with E-state index in [1.165, 1.54) is 48.3 Å². The van der Waals surface area contributed by atoms with Gasteiger partial charge < -0.3 is 37.8 Å². The summed E-state index contributed by atoms with van der Waals surface area (Å²) in [6.07, 6.45) is 19.1. The molecule has 2 aromatic heterocycles. The maximum absolute atomic E-state index is 13.8. The molecule has 0 bridgehead atoms. The predicted octanol–water partition coefficient (Wildman–Crippen LogP) is 16.1. The third-order valence-corrected chi connectivity index (χ3v) is 22.6. The summed E-state index contributed by atoms with van der Waals surface area (Å²) >= 11 is 0. The number of halogens is 3. The van der Waals surface area contributed by atoms with Crippen LogP contribution in [0.2, 0.25) is 0 Å². The molecule has 4 aliphatic rings. The van der Waals surface area contributed by atoms with Crippen LogP contribution in [0.25, 0.3) is 22.1 Å².